The van der Waals surface area contributed by atoms with Crippen molar-refractivity contribution < 1.29 is 18.6 Å². The van der Waals surface area contributed by atoms with Crippen molar-refractivity contribution in [1.82, 2.24) is 0 Å². The molecule has 2 saturated heterocycles. The average Bonchev–Trinajstić information content (AvgIpc) is 2.27. The van der Waals surface area contributed by atoms with Crippen molar-refractivity contribution in [1.29, 1.82) is 0 Å². The van der Waals surface area contributed by atoms with Crippen LogP contribution in [0.15, 0.2) is 0 Å². The molecule has 0 radical (unpaired) electrons. The van der Waals surface area contributed by atoms with E-state index < -0.39 is 6.96 Å². The zero-order valence-electron chi connectivity index (χ0n) is 10.3. The fourth-order valence-electron chi connectivity index (χ4n) is 3.42. The molecule has 4 rings (SSSR count). The van der Waals surface area contributed by atoms with E-state index in [0.29, 0.717) is 0 Å². The van der Waals surface area contributed by atoms with Crippen molar-refractivity contribution in [2.75, 3.05) is 26.4 Å². The molecule has 4 aliphatic rings. The van der Waals surface area contributed by atoms with E-state index in [9.17, 15) is 0 Å². The molecule has 0 bridgehead atoms. The van der Waals surface area contributed by atoms with Crippen LogP contribution in [0.3, 0.4) is 0 Å². The minimum Gasteiger partial charge on any atom is -0.518 e. The summed E-state index contributed by atoms with van der Waals surface area (Å²) in [4.78, 5) is 0. The number of hydrogen-bond donors (Lipinski definition) is 0. The molecule has 2 aliphatic heterocycles. The van der Waals surface area contributed by atoms with E-state index in [2.05, 4.69) is 0 Å². The van der Waals surface area contributed by atoms with E-state index in [1.54, 1.807) is 0 Å². The molecule has 0 atom stereocenters. The Morgan fingerprint density at radius 3 is 1.18 bits per heavy atom. The number of hydrogen-bond acceptors (Lipinski definition) is 4. The smallest absolute Gasteiger partial charge is 0.518 e. The van der Waals surface area contributed by atoms with Gasteiger partial charge < -0.3 is 18.6 Å². The van der Waals surface area contributed by atoms with Crippen LogP contribution in [0.4, 0.5) is 0 Å². The van der Waals surface area contributed by atoms with Gasteiger partial charge in [-0.3, -0.25) is 0 Å². The average molecular weight is 239 g/mol. The van der Waals surface area contributed by atoms with Gasteiger partial charge in [-0.2, -0.15) is 0 Å². The third-order valence-corrected chi connectivity index (χ3v) is 5.20. The summed E-state index contributed by atoms with van der Waals surface area (Å²) in [6.07, 6.45) is 7.51. The monoisotopic (exact) mass is 239 g/mol. The van der Waals surface area contributed by atoms with E-state index in [-0.39, 0.29) is 10.8 Å². The zero-order chi connectivity index (χ0) is 11.4. The van der Waals surface area contributed by atoms with Crippen LogP contribution < -0.4 is 0 Å². The van der Waals surface area contributed by atoms with Crippen molar-refractivity contribution in [3.8, 4) is 0 Å². The second kappa shape index (κ2) is 3.47. The quantitative estimate of drug-likeness (QED) is 0.604. The standard InChI is InChI=1S/C12H20BO4/c1-3-11(4-1)7-14-13(15-8-11)16-9-12(10-17-13)5-2-6-12/h1-10H2/q-1. The first-order valence-electron chi connectivity index (χ1n) is 6.93. The lowest BCUT2D eigenvalue weighted by atomic mass is 9.67. The summed E-state index contributed by atoms with van der Waals surface area (Å²) >= 11 is 0. The molecule has 5 heteroatoms. The summed E-state index contributed by atoms with van der Waals surface area (Å²) in [5.74, 6) is 0. The lowest BCUT2D eigenvalue weighted by molar-refractivity contribution is -0.183. The van der Waals surface area contributed by atoms with Crippen LogP contribution in [0, 0.1) is 10.8 Å². The third-order valence-electron chi connectivity index (χ3n) is 5.20. The Morgan fingerprint density at radius 1 is 0.588 bits per heavy atom. The van der Waals surface area contributed by atoms with Crippen molar-refractivity contribution in [2.45, 2.75) is 38.5 Å². The first-order valence-corrected chi connectivity index (χ1v) is 6.93. The summed E-state index contributed by atoms with van der Waals surface area (Å²) < 4.78 is 23.3. The largest absolute Gasteiger partial charge is 0.531 e. The van der Waals surface area contributed by atoms with Crippen LogP contribution in [-0.2, 0) is 18.6 Å². The van der Waals surface area contributed by atoms with Crippen LogP contribution in [0.25, 0.3) is 0 Å². The molecule has 0 aromatic carbocycles. The zero-order valence-corrected chi connectivity index (χ0v) is 10.3. The molecule has 2 saturated carbocycles. The summed E-state index contributed by atoms with van der Waals surface area (Å²) in [6, 6.07) is 0. The van der Waals surface area contributed by atoms with Gasteiger partial charge in [0.1, 0.15) is 0 Å². The van der Waals surface area contributed by atoms with Crippen molar-refractivity contribution in [3.63, 3.8) is 0 Å². The highest BCUT2D eigenvalue weighted by Crippen LogP contribution is 2.49. The predicted molar refractivity (Wildman–Crippen MR) is 62.1 cm³/mol. The minimum atomic E-state index is -1.86. The molecular weight excluding hydrogens is 219 g/mol. The molecule has 4 fully saturated rings. The molecule has 96 valence electrons. The summed E-state index contributed by atoms with van der Waals surface area (Å²) in [7, 11) is 0. The van der Waals surface area contributed by atoms with Crippen LogP contribution in [0.5, 0.6) is 0 Å². The van der Waals surface area contributed by atoms with Crippen molar-refractivity contribution in [3.05, 3.63) is 0 Å². The molecule has 0 aromatic heterocycles. The normalized spacial score (nSPS) is 36.7. The molecule has 0 N–H and O–H groups in total. The lowest BCUT2D eigenvalue weighted by Gasteiger charge is -2.59. The van der Waals surface area contributed by atoms with E-state index in [4.69, 9.17) is 18.6 Å². The molecule has 0 aromatic rings. The Hall–Kier alpha value is -0.0951. The lowest BCUT2D eigenvalue weighted by Crippen LogP contribution is -2.64. The van der Waals surface area contributed by atoms with Gasteiger partial charge in [-0.25, -0.2) is 0 Å². The van der Waals surface area contributed by atoms with Crippen LogP contribution >= 0.6 is 0 Å². The number of rotatable bonds is 0. The highest BCUT2D eigenvalue weighted by atomic mass is 16.9. The molecule has 4 nitrogen and oxygen atoms in total. The second-order valence-corrected chi connectivity index (χ2v) is 6.53. The first kappa shape index (κ1) is 10.8. The van der Waals surface area contributed by atoms with Gasteiger partial charge >= 0.3 is 6.96 Å². The van der Waals surface area contributed by atoms with Crippen LogP contribution in [0.1, 0.15) is 38.5 Å². The summed E-state index contributed by atoms with van der Waals surface area (Å²) in [5, 5.41) is 0. The van der Waals surface area contributed by atoms with E-state index >= 15 is 0 Å². The van der Waals surface area contributed by atoms with Gasteiger partial charge in [0.2, 0.25) is 0 Å². The maximum absolute atomic E-state index is 5.82. The molecule has 0 amide bonds. The summed E-state index contributed by atoms with van der Waals surface area (Å²) in [6.45, 7) is 1.14. The van der Waals surface area contributed by atoms with Crippen molar-refractivity contribution >= 4 is 6.96 Å². The Labute approximate surface area is 102 Å². The molecule has 2 aliphatic carbocycles. The third kappa shape index (κ3) is 1.60. The predicted octanol–water partition coefficient (Wildman–Crippen LogP) is 1.86. The topological polar surface area (TPSA) is 36.9 Å². The Bertz CT molecular complexity index is 269. The fourth-order valence-corrected chi connectivity index (χ4v) is 3.42. The summed E-state index contributed by atoms with van der Waals surface area (Å²) in [5.41, 5.74) is 0.566. The SMILES string of the molecule is C1CC2(C1)CO[B-]1(OC2)OCC2(CCC2)CO1. The maximum Gasteiger partial charge on any atom is 0.531 e. The van der Waals surface area contributed by atoms with Gasteiger partial charge in [0.15, 0.2) is 0 Å². The van der Waals surface area contributed by atoms with Crippen LogP contribution in [0.2, 0.25) is 0 Å². The highest BCUT2D eigenvalue weighted by Gasteiger charge is 2.51. The van der Waals surface area contributed by atoms with Gasteiger partial charge in [0, 0.05) is 37.3 Å². The Morgan fingerprint density at radius 2 is 0.941 bits per heavy atom. The highest BCUT2D eigenvalue weighted by molar-refractivity contribution is 6.53. The van der Waals surface area contributed by atoms with Gasteiger partial charge in [0.25, 0.3) is 0 Å². The van der Waals surface area contributed by atoms with Gasteiger partial charge in [0.05, 0.1) is 0 Å². The Balaban J connectivity index is 1.39. The second-order valence-electron chi connectivity index (χ2n) is 6.53. The Kier molecular flexibility index (Phi) is 2.20. The van der Waals surface area contributed by atoms with E-state index in [1.807, 2.05) is 0 Å². The van der Waals surface area contributed by atoms with Gasteiger partial charge in [-0.15, -0.1) is 0 Å². The van der Waals surface area contributed by atoms with Crippen LogP contribution in [-0.4, -0.2) is 33.4 Å². The minimum absolute atomic E-state index is 0.283. The first-order chi connectivity index (χ1) is 8.24. The maximum atomic E-state index is 5.82. The van der Waals surface area contributed by atoms with Gasteiger partial charge in [-0.1, -0.05) is 12.8 Å². The van der Waals surface area contributed by atoms with E-state index in [1.165, 1.54) is 38.5 Å². The molecule has 2 heterocycles. The fraction of sp³-hybridized carbons (Fsp3) is 1.00. The van der Waals surface area contributed by atoms with Crippen molar-refractivity contribution in [2.24, 2.45) is 10.8 Å². The van der Waals surface area contributed by atoms with E-state index in [0.717, 1.165) is 26.4 Å². The molecule has 17 heavy (non-hydrogen) atoms. The van der Waals surface area contributed by atoms with Gasteiger partial charge in [-0.05, 0) is 25.7 Å². The molecule has 3 spiro atoms. The molecular formula is C12H20BO4-. The molecule has 0 unspecified atom stereocenters.